The molecular formula is C16H10ClNO3. The van der Waals surface area contributed by atoms with E-state index in [-0.39, 0.29) is 6.08 Å². The molecular weight excluding hydrogens is 290 g/mol. The second-order valence-corrected chi connectivity index (χ2v) is 4.69. The van der Waals surface area contributed by atoms with E-state index in [0.717, 1.165) is 5.56 Å². The molecule has 1 heterocycles. The van der Waals surface area contributed by atoms with Crippen molar-refractivity contribution in [1.82, 2.24) is 4.98 Å². The van der Waals surface area contributed by atoms with Crippen molar-refractivity contribution in [3.63, 3.8) is 0 Å². The molecule has 2 aromatic carbocycles. The van der Waals surface area contributed by atoms with Gasteiger partial charge in [-0.05, 0) is 24.3 Å². The lowest BCUT2D eigenvalue weighted by Crippen LogP contribution is -2.02. The quantitative estimate of drug-likeness (QED) is 0.729. The third-order valence-electron chi connectivity index (χ3n) is 2.74. The summed E-state index contributed by atoms with van der Waals surface area (Å²) < 4.78 is 10.4. The molecule has 3 rings (SSSR count). The van der Waals surface area contributed by atoms with Crippen molar-refractivity contribution in [2.45, 2.75) is 0 Å². The summed E-state index contributed by atoms with van der Waals surface area (Å²) in [6.07, 6.45) is -0.108. The smallest absolute Gasteiger partial charge is 0.402 e. The maximum Gasteiger partial charge on any atom is 0.402 e. The summed E-state index contributed by atoms with van der Waals surface area (Å²) in [5.41, 5.74) is 0.787. The van der Waals surface area contributed by atoms with E-state index >= 15 is 0 Å². The lowest BCUT2D eigenvalue weighted by atomic mass is 10.1. The molecule has 0 aliphatic heterocycles. The van der Waals surface area contributed by atoms with Crippen LogP contribution in [0.15, 0.2) is 69.9 Å². The molecule has 0 saturated heterocycles. The van der Waals surface area contributed by atoms with Gasteiger partial charge in [0.1, 0.15) is 5.75 Å². The second-order valence-electron chi connectivity index (χ2n) is 4.25. The van der Waals surface area contributed by atoms with Crippen LogP contribution in [0.2, 0.25) is 5.02 Å². The van der Waals surface area contributed by atoms with Gasteiger partial charge in [-0.2, -0.15) is 4.98 Å². The zero-order chi connectivity index (χ0) is 14.7. The Balaban J connectivity index is 1.95. The summed E-state index contributed by atoms with van der Waals surface area (Å²) in [6, 6.07) is 17.3. The first-order chi connectivity index (χ1) is 10.2. The number of rotatable bonds is 3. The van der Waals surface area contributed by atoms with Gasteiger partial charge in [0.25, 0.3) is 0 Å². The van der Waals surface area contributed by atoms with Crippen LogP contribution in [0.5, 0.6) is 11.8 Å². The van der Waals surface area contributed by atoms with E-state index in [9.17, 15) is 4.79 Å². The molecule has 1 aromatic heterocycles. The number of halogens is 1. The lowest BCUT2D eigenvalue weighted by molar-refractivity contribution is 0.302. The van der Waals surface area contributed by atoms with Gasteiger partial charge >= 0.3 is 11.7 Å². The zero-order valence-electron chi connectivity index (χ0n) is 10.8. The van der Waals surface area contributed by atoms with Crippen LogP contribution in [0, 0.1) is 0 Å². The van der Waals surface area contributed by atoms with Crippen molar-refractivity contribution in [3.05, 3.63) is 76.1 Å². The van der Waals surface area contributed by atoms with Crippen molar-refractivity contribution < 1.29 is 9.15 Å². The average Bonchev–Trinajstić information content (AvgIpc) is 2.50. The van der Waals surface area contributed by atoms with Crippen LogP contribution >= 0.6 is 11.6 Å². The molecule has 0 spiro atoms. The summed E-state index contributed by atoms with van der Waals surface area (Å²) >= 11 is 5.80. The topological polar surface area (TPSA) is 52.3 Å². The third-order valence-corrected chi connectivity index (χ3v) is 2.99. The predicted molar refractivity (Wildman–Crippen MR) is 79.7 cm³/mol. The summed E-state index contributed by atoms with van der Waals surface area (Å²) in [4.78, 5) is 15.8. The minimum absolute atomic E-state index is 0.108. The summed E-state index contributed by atoms with van der Waals surface area (Å²) in [5.74, 6) is 0.486. The highest BCUT2D eigenvalue weighted by molar-refractivity contribution is 6.30. The Hall–Kier alpha value is -2.59. The summed E-state index contributed by atoms with van der Waals surface area (Å²) in [6.45, 7) is 0. The van der Waals surface area contributed by atoms with Gasteiger partial charge in [0.2, 0.25) is 0 Å². The fraction of sp³-hybridized carbons (Fsp3) is 0. The van der Waals surface area contributed by atoms with Crippen molar-refractivity contribution in [3.8, 4) is 23.1 Å². The Kier molecular flexibility index (Phi) is 3.71. The van der Waals surface area contributed by atoms with Gasteiger partial charge in [0.05, 0.1) is 11.8 Å². The molecule has 0 fully saturated rings. The van der Waals surface area contributed by atoms with Gasteiger partial charge in [-0.1, -0.05) is 41.9 Å². The third kappa shape index (κ3) is 3.30. The standard InChI is InChI=1S/C16H10ClNO3/c17-12-6-8-13(9-7-12)20-16-18-14(10-15(19)21-16)11-4-2-1-3-5-11/h1-10H. The first-order valence-corrected chi connectivity index (χ1v) is 6.59. The van der Waals surface area contributed by atoms with Crippen molar-refractivity contribution >= 4 is 11.6 Å². The molecule has 0 radical (unpaired) electrons. The number of hydrogen-bond donors (Lipinski definition) is 0. The molecule has 0 aliphatic carbocycles. The van der Waals surface area contributed by atoms with E-state index in [1.807, 2.05) is 30.3 Å². The Bertz CT molecular complexity index is 798. The van der Waals surface area contributed by atoms with Gasteiger partial charge in [0.15, 0.2) is 0 Å². The summed E-state index contributed by atoms with van der Waals surface area (Å²) in [7, 11) is 0. The Morgan fingerprint density at radius 1 is 1.00 bits per heavy atom. The van der Waals surface area contributed by atoms with Crippen LogP contribution in [0.25, 0.3) is 11.3 Å². The van der Waals surface area contributed by atoms with Crippen LogP contribution in [0.3, 0.4) is 0 Å². The molecule has 21 heavy (non-hydrogen) atoms. The Labute approximate surface area is 125 Å². The SMILES string of the molecule is O=c1cc(-c2ccccc2)nc(Oc2ccc(Cl)cc2)o1. The largest absolute Gasteiger partial charge is 0.411 e. The van der Waals surface area contributed by atoms with Crippen molar-refractivity contribution in [2.24, 2.45) is 0 Å². The molecule has 0 aliphatic rings. The molecule has 0 N–H and O–H groups in total. The first-order valence-electron chi connectivity index (χ1n) is 6.22. The van der Waals surface area contributed by atoms with Crippen LogP contribution < -0.4 is 10.4 Å². The highest BCUT2D eigenvalue weighted by Gasteiger charge is 2.08. The van der Waals surface area contributed by atoms with E-state index in [1.165, 1.54) is 6.07 Å². The molecule has 104 valence electrons. The van der Waals surface area contributed by atoms with E-state index < -0.39 is 5.63 Å². The first kappa shape index (κ1) is 13.4. The average molecular weight is 300 g/mol. The van der Waals surface area contributed by atoms with Crippen molar-refractivity contribution in [2.75, 3.05) is 0 Å². The van der Waals surface area contributed by atoms with Gasteiger partial charge < -0.3 is 9.15 Å². The number of nitrogens with zero attached hydrogens (tertiary/aromatic N) is 1. The number of aromatic nitrogens is 1. The van der Waals surface area contributed by atoms with Crippen LogP contribution in [-0.4, -0.2) is 4.98 Å². The van der Waals surface area contributed by atoms with Gasteiger partial charge in [-0.3, -0.25) is 0 Å². The summed E-state index contributed by atoms with van der Waals surface area (Å²) in [5, 5.41) is 0.592. The Morgan fingerprint density at radius 3 is 2.43 bits per heavy atom. The lowest BCUT2D eigenvalue weighted by Gasteiger charge is -2.04. The highest BCUT2D eigenvalue weighted by atomic mass is 35.5. The van der Waals surface area contributed by atoms with E-state index in [0.29, 0.717) is 16.5 Å². The van der Waals surface area contributed by atoms with E-state index in [2.05, 4.69) is 4.98 Å². The maximum atomic E-state index is 11.6. The van der Waals surface area contributed by atoms with Gasteiger partial charge in [-0.25, -0.2) is 4.79 Å². The minimum atomic E-state index is -0.521. The zero-order valence-corrected chi connectivity index (χ0v) is 11.6. The number of hydrogen-bond acceptors (Lipinski definition) is 4. The van der Waals surface area contributed by atoms with Crippen LogP contribution in [0.1, 0.15) is 0 Å². The molecule has 0 atom stereocenters. The normalized spacial score (nSPS) is 10.3. The molecule has 4 nitrogen and oxygen atoms in total. The number of ether oxygens (including phenoxy) is 1. The van der Waals surface area contributed by atoms with Crippen LogP contribution in [-0.2, 0) is 0 Å². The molecule has 0 unspecified atom stereocenters. The fourth-order valence-electron chi connectivity index (χ4n) is 1.78. The maximum absolute atomic E-state index is 11.6. The molecule has 5 heteroatoms. The second kappa shape index (κ2) is 5.81. The highest BCUT2D eigenvalue weighted by Crippen LogP contribution is 2.23. The fourth-order valence-corrected chi connectivity index (χ4v) is 1.91. The van der Waals surface area contributed by atoms with Gasteiger partial charge in [-0.15, -0.1) is 0 Å². The minimum Gasteiger partial charge on any atom is -0.411 e. The Morgan fingerprint density at radius 2 is 1.71 bits per heavy atom. The van der Waals surface area contributed by atoms with E-state index in [4.69, 9.17) is 20.8 Å². The van der Waals surface area contributed by atoms with E-state index in [1.54, 1.807) is 24.3 Å². The van der Waals surface area contributed by atoms with Crippen LogP contribution in [0.4, 0.5) is 0 Å². The molecule has 3 aromatic rings. The van der Waals surface area contributed by atoms with Crippen molar-refractivity contribution in [1.29, 1.82) is 0 Å². The monoisotopic (exact) mass is 299 g/mol. The predicted octanol–water partition coefficient (Wildman–Crippen LogP) is 4.15. The van der Waals surface area contributed by atoms with Gasteiger partial charge in [0, 0.05) is 10.6 Å². The molecule has 0 saturated carbocycles. The molecule has 0 bridgehead atoms. The number of benzene rings is 2. The molecule has 0 amide bonds.